The van der Waals surface area contributed by atoms with Crippen molar-refractivity contribution in [3.63, 3.8) is 0 Å². The second kappa shape index (κ2) is 7.73. The molecule has 0 aromatic heterocycles. The Morgan fingerprint density at radius 2 is 1.83 bits per heavy atom. The van der Waals surface area contributed by atoms with Gasteiger partial charge in [0.15, 0.2) is 0 Å². The smallest absolute Gasteiger partial charge is 0.142 e. The van der Waals surface area contributed by atoms with Crippen molar-refractivity contribution < 1.29 is 4.79 Å². The van der Waals surface area contributed by atoms with E-state index in [9.17, 15) is 4.79 Å². The molecule has 64 valence electrons. The molecule has 0 fully saturated rings. The Bertz CT molecular complexity index is 229. The minimum atomic E-state index is 0.763. The fourth-order valence-corrected chi connectivity index (χ4v) is 0.627. The molecule has 0 radical (unpaired) electrons. The molecule has 1 nitrogen and oxygen atoms in total. The van der Waals surface area contributed by atoms with Crippen molar-refractivity contribution in [3.05, 3.63) is 48.1 Å². The average Bonchev–Trinajstić information content (AvgIpc) is 2.06. The lowest BCUT2D eigenvalue weighted by Gasteiger charge is -1.84. The van der Waals surface area contributed by atoms with Crippen molar-refractivity contribution in [2.75, 3.05) is 0 Å². The molecule has 0 aromatic carbocycles. The number of rotatable bonds is 4. The molecule has 0 bridgehead atoms. The van der Waals surface area contributed by atoms with Gasteiger partial charge in [0.25, 0.3) is 0 Å². The first-order valence-electron chi connectivity index (χ1n) is 3.89. The van der Waals surface area contributed by atoms with E-state index in [1.807, 2.05) is 44.2 Å². The Morgan fingerprint density at radius 1 is 1.08 bits per heavy atom. The predicted molar refractivity (Wildman–Crippen MR) is 52.9 cm³/mol. The normalized spacial score (nSPS) is 13.7. The van der Waals surface area contributed by atoms with Gasteiger partial charge in [0.2, 0.25) is 0 Å². The lowest BCUT2D eigenvalue weighted by molar-refractivity contribution is -0.104. The molecule has 0 heterocycles. The molecule has 0 amide bonds. The van der Waals surface area contributed by atoms with E-state index in [4.69, 9.17) is 0 Å². The van der Waals surface area contributed by atoms with E-state index in [0.717, 1.165) is 11.9 Å². The summed E-state index contributed by atoms with van der Waals surface area (Å²) in [5.74, 6) is 0. The number of carbonyl (C=O) groups is 1. The van der Waals surface area contributed by atoms with E-state index >= 15 is 0 Å². The quantitative estimate of drug-likeness (QED) is 0.353. The molecule has 0 saturated carbocycles. The molecule has 1 heteroatoms. The Morgan fingerprint density at radius 3 is 2.42 bits per heavy atom. The number of hydrogen-bond acceptors (Lipinski definition) is 1. The largest absolute Gasteiger partial charge is 0.299 e. The molecule has 0 N–H and O–H groups in total. The van der Waals surface area contributed by atoms with Gasteiger partial charge in [-0.25, -0.2) is 0 Å². The minimum Gasteiger partial charge on any atom is -0.299 e. The van der Waals surface area contributed by atoms with Crippen molar-refractivity contribution in [1.82, 2.24) is 0 Å². The van der Waals surface area contributed by atoms with Crippen molar-refractivity contribution >= 4 is 6.29 Å². The van der Waals surface area contributed by atoms with Gasteiger partial charge >= 0.3 is 0 Å². The molecule has 0 aromatic rings. The fraction of sp³-hybridized carbons (Fsp3) is 0.182. The summed E-state index contributed by atoms with van der Waals surface area (Å²) in [6.45, 7) is 3.95. The van der Waals surface area contributed by atoms with E-state index in [0.29, 0.717) is 0 Å². The highest BCUT2D eigenvalue weighted by Gasteiger charge is 1.75. The SMILES string of the molecule is C/C=C\C=CC(C)=C/C=C\C=O. The van der Waals surface area contributed by atoms with Gasteiger partial charge in [0.1, 0.15) is 6.29 Å². The maximum atomic E-state index is 9.90. The summed E-state index contributed by atoms with van der Waals surface area (Å²) >= 11 is 0. The van der Waals surface area contributed by atoms with Gasteiger partial charge in [-0.2, -0.15) is 0 Å². The molecule has 0 saturated heterocycles. The lowest BCUT2D eigenvalue weighted by Crippen LogP contribution is -1.65. The van der Waals surface area contributed by atoms with Gasteiger partial charge in [-0.15, -0.1) is 0 Å². The fourth-order valence-electron chi connectivity index (χ4n) is 0.627. The van der Waals surface area contributed by atoms with Crippen LogP contribution in [0, 0.1) is 0 Å². The number of aldehydes is 1. The number of carbonyl (C=O) groups excluding carboxylic acids is 1. The van der Waals surface area contributed by atoms with Crippen LogP contribution in [0.15, 0.2) is 48.1 Å². The zero-order valence-electron chi connectivity index (χ0n) is 7.53. The Labute approximate surface area is 73.8 Å². The zero-order chi connectivity index (χ0) is 9.23. The molecule has 0 unspecified atom stereocenters. The lowest BCUT2D eigenvalue weighted by atomic mass is 10.2. The Hall–Kier alpha value is -1.37. The molecule has 0 spiro atoms. The van der Waals surface area contributed by atoms with E-state index in [-0.39, 0.29) is 0 Å². The predicted octanol–water partition coefficient (Wildman–Crippen LogP) is 2.82. The van der Waals surface area contributed by atoms with Crippen molar-refractivity contribution in [2.45, 2.75) is 13.8 Å². The molecule has 12 heavy (non-hydrogen) atoms. The summed E-state index contributed by atoms with van der Waals surface area (Å²) in [5, 5.41) is 0. The van der Waals surface area contributed by atoms with Crippen LogP contribution in [0.3, 0.4) is 0 Å². The summed E-state index contributed by atoms with van der Waals surface area (Å²) in [5.41, 5.74) is 1.12. The molecule has 0 atom stereocenters. The summed E-state index contributed by atoms with van der Waals surface area (Å²) in [6.07, 6.45) is 13.7. The van der Waals surface area contributed by atoms with Gasteiger partial charge < -0.3 is 0 Å². The van der Waals surface area contributed by atoms with Crippen LogP contribution < -0.4 is 0 Å². The van der Waals surface area contributed by atoms with E-state index in [2.05, 4.69) is 0 Å². The first-order valence-corrected chi connectivity index (χ1v) is 3.89. The summed E-state index contributed by atoms with van der Waals surface area (Å²) in [6, 6.07) is 0. The highest BCUT2D eigenvalue weighted by molar-refractivity contribution is 5.65. The average molecular weight is 162 g/mol. The molecule has 0 aliphatic rings. The maximum Gasteiger partial charge on any atom is 0.142 e. The molecular weight excluding hydrogens is 148 g/mol. The number of hydrogen-bond donors (Lipinski definition) is 0. The first-order chi connectivity index (χ1) is 5.81. The Kier molecular flexibility index (Phi) is 6.85. The van der Waals surface area contributed by atoms with Crippen molar-refractivity contribution in [2.24, 2.45) is 0 Å². The number of allylic oxidation sites excluding steroid dienone is 8. The third-order valence-corrected chi connectivity index (χ3v) is 1.21. The molecule has 0 aliphatic carbocycles. The van der Waals surface area contributed by atoms with Crippen molar-refractivity contribution in [3.8, 4) is 0 Å². The highest BCUT2D eigenvalue weighted by atomic mass is 16.1. The first kappa shape index (κ1) is 10.6. The topological polar surface area (TPSA) is 17.1 Å². The van der Waals surface area contributed by atoms with E-state index in [1.54, 1.807) is 6.08 Å². The zero-order valence-corrected chi connectivity index (χ0v) is 7.53. The van der Waals surface area contributed by atoms with Crippen LogP contribution in [0.4, 0.5) is 0 Å². The monoisotopic (exact) mass is 162 g/mol. The van der Waals surface area contributed by atoms with Crippen molar-refractivity contribution in [1.29, 1.82) is 0 Å². The van der Waals surface area contributed by atoms with Gasteiger partial charge in [-0.1, -0.05) is 42.0 Å². The summed E-state index contributed by atoms with van der Waals surface area (Å²) in [7, 11) is 0. The van der Waals surface area contributed by atoms with Crippen LogP contribution >= 0.6 is 0 Å². The minimum absolute atomic E-state index is 0.763. The highest BCUT2D eigenvalue weighted by Crippen LogP contribution is 1.95. The second-order valence-electron chi connectivity index (χ2n) is 2.32. The van der Waals surface area contributed by atoms with E-state index < -0.39 is 0 Å². The Balaban J connectivity index is 4.01. The van der Waals surface area contributed by atoms with Gasteiger partial charge in [0, 0.05) is 0 Å². The molecular formula is C11H14O. The summed E-state index contributed by atoms with van der Waals surface area (Å²) in [4.78, 5) is 9.90. The van der Waals surface area contributed by atoms with Crippen LogP contribution in [0.1, 0.15) is 13.8 Å². The third kappa shape index (κ3) is 6.75. The van der Waals surface area contributed by atoms with Crippen LogP contribution in [0.25, 0.3) is 0 Å². The van der Waals surface area contributed by atoms with Gasteiger partial charge in [-0.05, 0) is 19.9 Å². The van der Waals surface area contributed by atoms with Crippen LogP contribution in [0.2, 0.25) is 0 Å². The molecule has 0 rings (SSSR count). The van der Waals surface area contributed by atoms with Crippen LogP contribution in [-0.2, 0) is 4.79 Å². The third-order valence-electron chi connectivity index (χ3n) is 1.21. The standard InChI is InChI=1S/C11H14O/c1-3-4-5-8-11(2)9-6-7-10-12/h3-10H,1-2H3/b4-3-,7-6-,8-5?,11-9?. The van der Waals surface area contributed by atoms with Gasteiger partial charge in [-0.3, -0.25) is 4.79 Å². The molecule has 0 aliphatic heterocycles. The van der Waals surface area contributed by atoms with Gasteiger partial charge in [0.05, 0.1) is 0 Å². The second-order valence-corrected chi connectivity index (χ2v) is 2.32. The maximum absolute atomic E-state index is 9.90. The van der Waals surface area contributed by atoms with Crippen LogP contribution in [0.5, 0.6) is 0 Å². The summed E-state index contributed by atoms with van der Waals surface area (Å²) < 4.78 is 0. The van der Waals surface area contributed by atoms with Crippen LogP contribution in [-0.4, -0.2) is 6.29 Å². The van der Waals surface area contributed by atoms with E-state index in [1.165, 1.54) is 6.08 Å².